The van der Waals surface area contributed by atoms with Crippen molar-refractivity contribution in [1.29, 1.82) is 0 Å². The minimum Gasteiger partial charge on any atom is -0.494 e. The lowest BCUT2D eigenvalue weighted by atomic mass is 9.78. The van der Waals surface area contributed by atoms with E-state index >= 15 is 0 Å². The summed E-state index contributed by atoms with van der Waals surface area (Å²) in [5, 5.41) is 3.48. The van der Waals surface area contributed by atoms with Crippen molar-refractivity contribution in [2.24, 2.45) is 16.3 Å². The molecule has 5 nitrogen and oxygen atoms in total. The van der Waals surface area contributed by atoms with Gasteiger partial charge in [0.1, 0.15) is 0 Å². The highest BCUT2D eigenvalue weighted by molar-refractivity contribution is 14.0. The first kappa shape index (κ1) is 24.9. The lowest BCUT2D eigenvalue weighted by molar-refractivity contribution is -0.0836. The van der Waals surface area contributed by atoms with Crippen molar-refractivity contribution in [2.45, 2.75) is 46.3 Å². The van der Waals surface area contributed by atoms with E-state index in [0.717, 1.165) is 37.5 Å². The second-order valence-electron chi connectivity index (χ2n) is 8.31. The molecule has 2 rings (SSSR count). The molecule has 1 aliphatic heterocycles. The second-order valence-corrected chi connectivity index (χ2v) is 8.31. The fourth-order valence-electron chi connectivity index (χ4n) is 3.77. The molecule has 1 saturated heterocycles. The summed E-state index contributed by atoms with van der Waals surface area (Å²) in [6, 6.07) is 5.03. The quantitative estimate of drug-likeness (QED) is 0.367. The molecule has 0 aliphatic carbocycles. The molecule has 160 valence electrons. The van der Waals surface area contributed by atoms with Gasteiger partial charge in [-0.25, -0.2) is 4.39 Å². The Kier molecular flexibility index (Phi) is 9.97. The smallest absolute Gasteiger partial charge is 0.193 e. The Bertz CT molecular complexity index is 649. The highest BCUT2D eigenvalue weighted by Gasteiger charge is 2.35. The van der Waals surface area contributed by atoms with Crippen molar-refractivity contribution in [3.8, 4) is 5.75 Å². The van der Waals surface area contributed by atoms with E-state index in [9.17, 15) is 4.39 Å². The van der Waals surface area contributed by atoms with Gasteiger partial charge in [-0.2, -0.15) is 0 Å². The van der Waals surface area contributed by atoms with Crippen LogP contribution in [-0.2, 0) is 11.3 Å². The SMILES string of the molecule is CN=C(NCC1CCCOC1C(C)(C)C)N(C)Cc1ccc(OC)c(F)c1.I. The van der Waals surface area contributed by atoms with Gasteiger partial charge in [0.2, 0.25) is 0 Å². The number of hydrogen-bond acceptors (Lipinski definition) is 3. The highest BCUT2D eigenvalue weighted by Crippen LogP contribution is 2.33. The summed E-state index contributed by atoms with van der Waals surface area (Å²) in [5.74, 6) is 1.15. The summed E-state index contributed by atoms with van der Waals surface area (Å²) in [5.41, 5.74) is 0.982. The molecule has 28 heavy (non-hydrogen) atoms. The summed E-state index contributed by atoms with van der Waals surface area (Å²) >= 11 is 0. The molecule has 7 heteroatoms. The number of aliphatic imine (C=N–C) groups is 1. The third kappa shape index (κ3) is 6.76. The summed E-state index contributed by atoms with van der Waals surface area (Å²) < 4.78 is 25.0. The van der Waals surface area contributed by atoms with Crippen LogP contribution in [0.3, 0.4) is 0 Å². The standard InChI is InChI=1S/C21H34FN3O2.HI/c1-21(2,3)19-16(8-7-11-27-19)13-24-20(23-4)25(5)14-15-9-10-18(26-6)17(22)12-15;/h9-10,12,16,19H,7-8,11,13-14H2,1-6H3,(H,23,24);1H. The van der Waals surface area contributed by atoms with E-state index in [0.29, 0.717) is 12.5 Å². The largest absolute Gasteiger partial charge is 0.494 e. The van der Waals surface area contributed by atoms with Crippen LogP contribution in [0.5, 0.6) is 5.75 Å². The molecule has 1 aliphatic rings. The Hall–Kier alpha value is -1.09. The molecule has 1 aromatic rings. The monoisotopic (exact) mass is 507 g/mol. The number of rotatable bonds is 5. The summed E-state index contributed by atoms with van der Waals surface area (Å²) in [6.45, 7) is 8.91. The summed E-state index contributed by atoms with van der Waals surface area (Å²) in [7, 11) is 5.19. The fourth-order valence-corrected chi connectivity index (χ4v) is 3.77. The predicted octanol–water partition coefficient (Wildman–Crippen LogP) is 4.30. The van der Waals surface area contributed by atoms with E-state index < -0.39 is 0 Å². The molecule has 0 radical (unpaired) electrons. The summed E-state index contributed by atoms with van der Waals surface area (Å²) in [6.07, 6.45) is 2.48. The first-order valence-electron chi connectivity index (χ1n) is 9.62. The van der Waals surface area contributed by atoms with Crippen LogP contribution in [0.25, 0.3) is 0 Å². The van der Waals surface area contributed by atoms with Crippen molar-refractivity contribution in [3.63, 3.8) is 0 Å². The number of nitrogens with one attached hydrogen (secondary N) is 1. The molecular formula is C21H35FIN3O2. The lowest BCUT2D eigenvalue weighted by Gasteiger charge is -2.40. The van der Waals surface area contributed by atoms with Crippen molar-refractivity contribution >= 4 is 29.9 Å². The number of guanidine groups is 1. The molecule has 1 heterocycles. The second kappa shape index (κ2) is 11.2. The van der Waals surface area contributed by atoms with Crippen molar-refractivity contribution in [2.75, 3.05) is 34.4 Å². The van der Waals surface area contributed by atoms with Gasteiger partial charge in [-0.05, 0) is 36.0 Å². The van der Waals surface area contributed by atoms with Crippen LogP contribution in [0.1, 0.15) is 39.2 Å². The van der Waals surface area contributed by atoms with Gasteiger partial charge in [0.25, 0.3) is 0 Å². The molecule has 0 aromatic heterocycles. The number of methoxy groups -OCH3 is 1. The average molecular weight is 507 g/mol. The van der Waals surface area contributed by atoms with Crippen molar-refractivity contribution < 1.29 is 13.9 Å². The topological polar surface area (TPSA) is 46.1 Å². The van der Waals surface area contributed by atoms with Crippen molar-refractivity contribution in [1.82, 2.24) is 10.2 Å². The Morgan fingerprint density at radius 3 is 2.68 bits per heavy atom. The van der Waals surface area contributed by atoms with Gasteiger partial charge < -0.3 is 19.7 Å². The van der Waals surface area contributed by atoms with E-state index in [4.69, 9.17) is 9.47 Å². The van der Waals surface area contributed by atoms with Gasteiger partial charge in [-0.1, -0.05) is 26.8 Å². The van der Waals surface area contributed by atoms with E-state index in [1.807, 2.05) is 18.0 Å². The van der Waals surface area contributed by atoms with Gasteiger partial charge in [0.05, 0.1) is 13.2 Å². The minimum absolute atomic E-state index is 0. The number of nitrogens with zero attached hydrogens (tertiary/aromatic N) is 2. The van der Waals surface area contributed by atoms with Crippen LogP contribution >= 0.6 is 24.0 Å². The Labute approximate surface area is 186 Å². The Morgan fingerprint density at radius 2 is 2.11 bits per heavy atom. The third-order valence-corrected chi connectivity index (χ3v) is 5.03. The van der Waals surface area contributed by atoms with Gasteiger partial charge in [0.15, 0.2) is 17.5 Å². The van der Waals surface area contributed by atoms with E-state index in [1.54, 1.807) is 13.1 Å². The highest BCUT2D eigenvalue weighted by atomic mass is 127. The van der Waals surface area contributed by atoms with Gasteiger partial charge in [-0.3, -0.25) is 4.99 Å². The molecule has 1 N–H and O–H groups in total. The minimum atomic E-state index is -0.348. The zero-order valence-corrected chi connectivity index (χ0v) is 20.2. The maximum atomic E-state index is 13.9. The first-order valence-corrected chi connectivity index (χ1v) is 9.62. The molecular weight excluding hydrogens is 472 g/mol. The van der Waals surface area contributed by atoms with Gasteiger partial charge in [0, 0.05) is 39.7 Å². The van der Waals surface area contributed by atoms with Crippen LogP contribution in [0.15, 0.2) is 23.2 Å². The van der Waals surface area contributed by atoms with Gasteiger partial charge >= 0.3 is 0 Å². The maximum Gasteiger partial charge on any atom is 0.193 e. The van der Waals surface area contributed by atoms with E-state index in [-0.39, 0.29) is 47.1 Å². The fraction of sp³-hybridized carbons (Fsp3) is 0.667. The average Bonchev–Trinajstić information content (AvgIpc) is 2.62. The zero-order chi connectivity index (χ0) is 20.0. The van der Waals surface area contributed by atoms with Gasteiger partial charge in [-0.15, -0.1) is 24.0 Å². The van der Waals surface area contributed by atoms with Crippen molar-refractivity contribution in [3.05, 3.63) is 29.6 Å². The predicted molar refractivity (Wildman–Crippen MR) is 123 cm³/mol. The lowest BCUT2D eigenvalue weighted by Crippen LogP contribution is -2.47. The zero-order valence-electron chi connectivity index (χ0n) is 17.9. The molecule has 0 amide bonds. The number of ether oxygens (including phenoxy) is 2. The molecule has 0 spiro atoms. The van der Waals surface area contributed by atoms with E-state index in [2.05, 4.69) is 31.1 Å². The maximum absolute atomic E-state index is 13.9. The Morgan fingerprint density at radius 1 is 1.39 bits per heavy atom. The summed E-state index contributed by atoms with van der Waals surface area (Å²) in [4.78, 5) is 6.38. The molecule has 2 atom stereocenters. The van der Waals surface area contributed by atoms with Crippen LogP contribution in [-0.4, -0.2) is 51.3 Å². The van der Waals surface area contributed by atoms with Crippen LogP contribution in [0.2, 0.25) is 0 Å². The number of benzene rings is 1. The molecule has 0 bridgehead atoms. The molecule has 1 aromatic carbocycles. The molecule has 1 fully saturated rings. The number of hydrogen-bond donors (Lipinski definition) is 1. The molecule has 2 unspecified atom stereocenters. The van der Waals surface area contributed by atoms with E-state index in [1.165, 1.54) is 13.2 Å². The van der Waals surface area contributed by atoms with Crippen LogP contribution in [0.4, 0.5) is 4.39 Å². The number of halogens is 2. The third-order valence-electron chi connectivity index (χ3n) is 5.03. The molecule has 0 saturated carbocycles. The van der Waals surface area contributed by atoms with Crippen LogP contribution in [0, 0.1) is 17.2 Å². The normalized spacial score (nSPS) is 20.3. The van der Waals surface area contributed by atoms with Crippen LogP contribution < -0.4 is 10.1 Å². The Balaban J connectivity index is 0.00000392. The first-order chi connectivity index (χ1) is 12.8.